The Morgan fingerprint density at radius 2 is 1.84 bits per heavy atom. The van der Waals surface area contributed by atoms with E-state index in [9.17, 15) is 9.59 Å². The number of carbonyl (C=O) groups is 1. The summed E-state index contributed by atoms with van der Waals surface area (Å²) in [4.78, 5) is 29.4. The van der Waals surface area contributed by atoms with Crippen LogP contribution in [0.25, 0.3) is 22.4 Å². The van der Waals surface area contributed by atoms with Crippen LogP contribution in [0.5, 0.6) is 5.75 Å². The van der Waals surface area contributed by atoms with Crippen LogP contribution >= 0.6 is 0 Å². The Kier molecular flexibility index (Phi) is 5.54. The lowest BCUT2D eigenvalue weighted by Gasteiger charge is -2.17. The standard InChI is InChI=1S/C25H22N2O4/c1-15-11-12-16(2)22(13-15)30-17(3)23(28)26-19-8-6-7-18(14-19)24-27-21-10-5-4-9-20(21)25(29)31-24/h4-14,17H,1-3H3,(H,26,28). The van der Waals surface area contributed by atoms with Gasteiger partial charge in [0.25, 0.3) is 5.91 Å². The van der Waals surface area contributed by atoms with E-state index in [1.807, 2.05) is 38.1 Å². The van der Waals surface area contributed by atoms with Crippen LogP contribution in [-0.2, 0) is 4.79 Å². The largest absolute Gasteiger partial charge is 0.481 e. The molecule has 0 fully saturated rings. The molecule has 0 radical (unpaired) electrons. The highest BCUT2D eigenvalue weighted by molar-refractivity contribution is 5.94. The Morgan fingerprint density at radius 1 is 1.03 bits per heavy atom. The van der Waals surface area contributed by atoms with Gasteiger partial charge in [-0.25, -0.2) is 9.78 Å². The predicted octanol–water partition coefficient (Wildman–Crippen LogP) is 4.88. The Bertz CT molecular complexity index is 1330. The van der Waals surface area contributed by atoms with E-state index >= 15 is 0 Å². The van der Waals surface area contributed by atoms with Crippen molar-refractivity contribution in [1.29, 1.82) is 0 Å². The molecule has 156 valence electrons. The summed E-state index contributed by atoms with van der Waals surface area (Å²) in [5.74, 6) is 0.587. The lowest BCUT2D eigenvalue weighted by molar-refractivity contribution is -0.122. The molecule has 0 bridgehead atoms. The molecular formula is C25H22N2O4. The number of amides is 1. The van der Waals surface area contributed by atoms with E-state index in [4.69, 9.17) is 9.15 Å². The second-order valence-corrected chi connectivity index (χ2v) is 7.42. The number of nitrogens with zero attached hydrogens (tertiary/aromatic N) is 1. The van der Waals surface area contributed by atoms with Crippen LogP contribution in [0.4, 0.5) is 5.69 Å². The second-order valence-electron chi connectivity index (χ2n) is 7.42. The van der Waals surface area contributed by atoms with Gasteiger partial charge in [-0.15, -0.1) is 0 Å². The number of para-hydroxylation sites is 1. The molecule has 6 heteroatoms. The first kappa shape index (κ1) is 20.3. The van der Waals surface area contributed by atoms with E-state index in [1.54, 1.807) is 49.4 Å². The van der Waals surface area contributed by atoms with E-state index in [0.717, 1.165) is 11.1 Å². The first-order chi connectivity index (χ1) is 14.9. The highest BCUT2D eigenvalue weighted by Crippen LogP contribution is 2.23. The third-order valence-electron chi connectivity index (χ3n) is 4.93. The minimum atomic E-state index is -0.694. The van der Waals surface area contributed by atoms with Crippen molar-refractivity contribution >= 4 is 22.5 Å². The summed E-state index contributed by atoms with van der Waals surface area (Å²) in [6.07, 6.45) is -0.694. The van der Waals surface area contributed by atoms with Crippen LogP contribution in [0.2, 0.25) is 0 Å². The quantitative estimate of drug-likeness (QED) is 0.503. The van der Waals surface area contributed by atoms with Crippen molar-refractivity contribution in [3.8, 4) is 17.2 Å². The SMILES string of the molecule is Cc1ccc(C)c(OC(C)C(=O)Nc2cccc(-c3nc4ccccc4c(=O)o3)c2)c1. The molecule has 0 saturated heterocycles. The summed E-state index contributed by atoms with van der Waals surface area (Å²) in [6.45, 7) is 5.61. The first-order valence-electron chi connectivity index (χ1n) is 9.96. The molecule has 0 aliphatic rings. The summed E-state index contributed by atoms with van der Waals surface area (Å²) in [7, 11) is 0. The Hall–Kier alpha value is -3.93. The number of hydrogen-bond donors (Lipinski definition) is 1. The van der Waals surface area contributed by atoms with Gasteiger partial charge >= 0.3 is 5.63 Å². The third-order valence-corrected chi connectivity index (χ3v) is 4.93. The monoisotopic (exact) mass is 414 g/mol. The molecule has 1 aromatic heterocycles. The van der Waals surface area contributed by atoms with Gasteiger partial charge in [0.2, 0.25) is 5.89 Å². The fraction of sp³-hybridized carbons (Fsp3) is 0.160. The summed E-state index contributed by atoms with van der Waals surface area (Å²) in [5, 5.41) is 3.27. The number of anilines is 1. The van der Waals surface area contributed by atoms with Gasteiger partial charge in [-0.3, -0.25) is 4.79 Å². The zero-order valence-electron chi connectivity index (χ0n) is 17.5. The van der Waals surface area contributed by atoms with Crippen molar-refractivity contribution in [3.63, 3.8) is 0 Å². The normalized spacial score (nSPS) is 11.8. The van der Waals surface area contributed by atoms with Gasteiger partial charge in [-0.05, 0) is 68.3 Å². The van der Waals surface area contributed by atoms with E-state index in [1.165, 1.54) is 0 Å². The highest BCUT2D eigenvalue weighted by Gasteiger charge is 2.17. The predicted molar refractivity (Wildman–Crippen MR) is 120 cm³/mol. The van der Waals surface area contributed by atoms with Crippen molar-refractivity contribution in [2.24, 2.45) is 0 Å². The smallest absolute Gasteiger partial charge is 0.347 e. The van der Waals surface area contributed by atoms with Gasteiger partial charge in [-0.2, -0.15) is 0 Å². The Morgan fingerprint density at radius 3 is 2.68 bits per heavy atom. The van der Waals surface area contributed by atoms with Crippen LogP contribution < -0.4 is 15.7 Å². The van der Waals surface area contributed by atoms with Gasteiger partial charge in [-0.1, -0.05) is 30.3 Å². The first-order valence-corrected chi connectivity index (χ1v) is 9.96. The number of fused-ring (bicyclic) bond motifs is 1. The number of hydrogen-bond acceptors (Lipinski definition) is 5. The molecular weight excluding hydrogens is 392 g/mol. The van der Waals surface area contributed by atoms with Gasteiger partial charge in [0.15, 0.2) is 6.10 Å². The molecule has 4 rings (SSSR count). The van der Waals surface area contributed by atoms with Gasteiger partial charge in [0.1, 0.15) is 5.75 Å². The lowest BCUT2D eigenvalue weighted by atomic mass is 10.1. The number of carbonyl (C=O) groups excluding carboxylic acids is 1. The molecule has 0 spiro atoms. The topological polar surface area (TPSA) is 81.4 Å². The zero-order chi connectivity index (χ0) is 22.0. The van der Waals surface area contributed by atoms with Gasteiger partial charge < -0.3 is 14.5 Å². The summed E-state index contributed by atoms with van der Waals surface area (Å²) < 4.78 is 11.2. The van der Waals surface area contributed by atoms with Crippen molar-refractivity contribution in [2.75, 3.05) is 5.32 Å². The molecule has 31 heavy (non-hydrogen) atoms. The van der Waals surface area contributed by atoms with Crippen molar-refractivity contribution in [3.05, 3.63) is 88.3 Å². The van der Waals surface area contributed by atoms with Crippen LogP contribution in [0.1, 0.15) is 18.1 Å². The van der Waals surface area contributed by atoms with Crippen molar-refractivity contribution in [1.82, 2.24) is 4.98 Å². The number of aromatic nitrogens is 1. The maximum absolute atomic E-state index is 12.7. The fourth-order valence-corrected chi connectivity index (χ4v) is 3.19. The maximum Gasteiger partial charge on any atom is 0.347 e. The molecule has 4 aromatic rings. The zero-order valence-corrected chi connectivity index (χ0v) is 17.5. The molecule has 6 nitrogen and oxygen atoms in total. The third kappa shape index (κ3) is 4.48. The summed E-state index contributed by atoms with van der Waals surface area (Å²) >= 11 is 0. The van der Waals surface area contributed by atoms with E-state index < -0.39 is 11.7 Å². The van der Waals surface area contributed by atoms with Crippen molar-refractivity contribution in [2.45, 2.75) is 26.9 Å². The van der Waals surface area contributed by atoms with E-state index in [0.29, 0.717) is 27.9 Å². The average Bonchev–Trinajstić information content (AvgIpc) is 2.76. The molecule has 1 atom stereocenters. The van der Waals surface area contributed by atoms with E-state index in [-0.39, 0.29) is 11.8 Å². The van der Waals surface area contributed by atoms with Crippen LogP contribution in [-0.4, -0.2) is 17.0 Å². The lowest BCUT2D eigenvalue weighted by Crippen LogP contribution is -2.30. The average molecular weight is 414 g/mol. The van der Waals surface area contributed by atoms with Crippen molar-refractivity contribution < 1.29 is 13.9 Å². The molecule has 0 aliphatic heterocycles. The fourth-order valence-electron chi connectivity index (χ4n) is 3.19. The molecule has 0 aliphatic carbocycles. The molecule has 0 saturated carbocycles. The minimum Gasteiger partial charge on any atom is -0.481 e. The van der Waals surface area contributed by atoms with Crippen LogP contribution in [0.15, 0.2) is 75.9 Å². The van der Waals surface area contributed by atoms with E-state index in [2.05, 4.69) is 10.3 Å². The summed E-state index contributed by atoms with van der Waals surface area (Å²) in [5.41, 5.74) is 3.26. The maximum atomic E-state index is 12.7. The highest BCUT2D eigenvalue weighted by atomic mass is 16.5. The molecule has 1 heterocycles. The number of aryl methyl sites for hydroxylation is 2. The van der Waals surface area contributed by atoms with Crippen LogP contribution in [0, 0.1) is 13.8 Å². The Balaban J connectivity index is 1.54. The molecule has 3 aromatic carbocycles. The number of rotatable bonds is 5. The number of benzene rings is 3. The second kappa shape index (κ2) is 8.44. The van der Waals surface area contributed by atoms with Gasteiger partial charge in [0, 0.05) is 11.3 Å². The van der Waals surface area contributed by atoms with Gasteiger partial charge in [0.05, 0.1) is 10.9 Å². The minimum absolute atomic E-state index is 0.194. The Labute approximate surface area is 179 Å². The van der Waals surface area contributed by atoms with Crippen LogP contribution in [0.3, 0.4) is 0 Å². The number of ether oxygens (including phenoxy) is 1. The number of nitrogens with one attached hydrogen (secondary N) is 1. The summed E-state index contributed by atoms with van der Waals surface area (Å²) in [6, 6.07) is 19.9. The molecule has 1 N–H and O–H groups in total. The molecule has 1 unspecified atom stereocenters. The molecule has 1 amide bonds.